The zero-order valence-electron chi connectivity index (χ0n) is 15.0. The highest BCUT2D eigenvalue weighted by Gasteiger charge is 2.24. The van der Waals surface area contributed by atoms with E-state index in [0.29, 0.717) is 30.0 Å². The van der Waals surface area contributed by atoms with Crippen molar-refractivity contribution in [3.8, 4) is 0 Å². The van der Waals surface area contributed by atoms with Gasteiger partial charge in [-0.3, -0.25) is 4.79 Å². The Balaban J connectivity index is 1.49. The summed E-state index contributed by atoms with van der Waals surface area (Å²) in [7, 11) is 0. The highest BCUT2D eigenvalue weighted by Crippen LogP contribution is 2.26. The molecule has 138 valence electrons. The lowest BCUT2D eigenvalue weighted by Gasteiger charge is -2.29. The number of carbonyl (C=O) groups is 2. The van der Waals surface area contributed by atoms with Gasteiger partial charge >= 0.3 is 5.97 Å². The Labute approximate surface area is 155 Å². The third kappa shape index (κ3) is 3.14. The number of esters is 1. The number of carbonyl (C=O) groups excluding carboxylic acids is 2. The standard InChI is InChI=1S/C19H19N5O3/c1-2-15-14(10-20-19-21-12-22-24(15)19)18(26)27-11-17(25)23-9-5-7-13-6-3-4-8-16(13)23/h3-4,6,8,10,12H,2,5,7,9,11H2,1H3. The van der Waals surface area contributed by atoms with Gasteiger partial charge in [-0.15, -0.1) is 0 Å². The summed E-state index contributed by atoms with van der Waals surface area (Å²) in [6, 6.07) is 7.81. The van der Waals surface area contributed by atoms with Crippen LogP contribution in [0.15, 0.2) is 36.8 Å². The minimum Gasteiger partial charge on any atom is -0.452 e. The van der Waals surface area contributed by atoms with Gasteiger partial charge in [0.2, 0.25) is 0 Å². The molecule has 8 heteroatoms. The summed E-state index contributed by atoms with van der Waals surface area (Å²) in [4.78, 5) is 35.0. The quantitative estimate of drug-likeness (QED) is 0.655. The molecule has 0 N–H and O–H groups in total. The summed E-state index contributed by atoms with van der Waals surface area (Å²) in [6.45, 7) is 2.22. The lowest BCUT2D eigenvalue weighted by molar-refractivity contribution is -0.121. The molecule has 0 atom stereocenters. The number of ether oxygens (including phenoxy) is 1. The maximum absolute atomic E-state index is 12.6. The summed E-state index contributed by atoms with van der Waals surface area (Å²) in [5, 5.41) is 4.09. The van der Waals surface area contributed by atoms with Crippen LogP contribution in [0.3, 0.4) is 0 Å². The van der Waals surface area contributed by atoms with Crippen molar-refractivity contribution in [2.45, 2.75) is 26.2 Å². The van der Waals surface area contributed by atoms with Gasteiger partial charge in [-0.25, -0.2) is 14.3 Å². The van der Waals surface area contributed by atoms with Crippen LogP contribution in [-0.2, 0) is 22.4 Å². The van der Waals surface area contributed by atoms with Crippen molar-refractivity contribution in [1.82, 2.24) is 19.6 Å². The predicted molar refractivity (Wildman–Crippen MR) is 97.6 cm³/mol. The first-order valence-corrected chi connectivity index (χ1v) is 8.92. The third-order valence-corrected chi connectivity index (χ3v) is 4.70. The number of fused-ring (bicyclic) bond motifs is 2. The highest BCUT2D eigenvalue weighted by molar-refractivity contribution is 5.98. The molecule has 0 aliphatic carbocycles. The Hall–Kier alpha value is -3.29. The van der Waals surface area contributed by atoms with Crippen LogP contribution < -0.4 is 4.90 Å². The number of hydrogen-bond donors (Lipinski definition) is 0. The molecule has 1 aromatic carbocycles. The van der Waals surface area contributed by atoms with Crippen molar-refractivity contribution in [3.05, 3.63) is 53.6 Å². The SMILES string of the molecule is CCc1c(C(=O)OCC(=O)N2CCCc3ccccc32)cnc2ncnn12. The van der Waals surface area contributed by atoms with Crippen LogP contribution in [0.1, 0.15) is 35.0 Å². The van der Waals surface area contributed by atoms with Crippen molar-refractivity contribution >= 4 is 23.3 Å². The second kappa shape index (κ2) is 7.14. The minimum atomic E-state index is -0.588. The van der Waals surface area contributed by atoms with E-state index in [0.717, 1.165) is 24.1 Å². The average Bonchev–Trinajstić information content (AvgIpc) is 3.19. The first-order chi connectivity index (χ1) is 13.2. The first kappa shape index (κ1) is 17.1. The summed E-state index contributed by atoms with van der Waals surface area (Å²) < 4.78 is 6.81. The lowest BCUT2D eigenvalue weighted by atomic mass is 10.0. The van der Waals surface area contributed by atoms with Crippen LogP contribution in [-0.4, -0.2) is 44.6 Å². The van der Waals surface area contributed by atoms with E-state index in [2.05, 4.69) is 15.1 Å². The lowest BCUT2D eigenvalue weighted by Crippen LogP contribution is -2.38. The molecule has 8 nitrogen and oxygen atoms in total. The maximum Gasteiger partial charge on any atom is 0.342 e. The predicted octanol–water partition coefficient (Wildman–Crippen LogP) is 1.82. The molecular weight excluding hydrogens is 346 g/mol. The van der Waals surface area contributed by atoms with E-state index in [1.165, 1.54) is 17.0 Å². The number of amides is 1. The van der Waals surface area contributed by atoms with Crippen molar-refractivity contribution < 1.29 is 14.3 Å². The second-order valence-corrected chi connectivity index (χ2v) is 6.30. The first-order valence-electron chi connectivity index (χ1n) is 8.92. The van der Waals surface area contributed by atoms with E-state index < -0.39 is 5.97 Å². The van der Waals surface area contributed by atoms with Crippen LogP contribution in [0.2, 0.25) is 0 Å². The average molecular weight is 365 g/mol. The summed E-state index contributed by atoms with van der Waals surface area (Å²) >= 11 is 0. The number of nitrogens with zero attached hydrogens (tertiary/aromatic N) is 5. The third-order valence-electron chi connectivity index (χ3n) is 4.70. The van der Waals surface area contributed by atoms with Crippen LogP contribution >= 0.6 is 0 Å². The minimum absolute atomic E-state index is 0.233. The summed E-state index contributed by atoms with van der Waals surface area (Å²) in [6.07, 6.45) is 5.20. The number of rotatable bonds is 4. The van der Waals surface area contributed by atoms with E-state index in [4.69, 9.17) is 4.74 Å². The molecule has 4 rings (SSSR count). The molecule has 27 heavy (non-hydrogen) atoms. The Kier molecular flexibility index (Phi) is 4.53. The number of aryl methyl sites for hydroxylation is 2. The fourth-order valence-corrected chi connectivity index (χ4v) is 3.41. The number of para-hydroxylation sites is 1. The van der Waals surface area contributed by atoms with Crippen LogP contribution in [0.25, 0.3) is 5.78 Å². The summed E-state index contributed by atoms with van der Waals surface area (Å²) in [5.41, 5.74) is 2.97. The molecule has 0 saturated heterocycles. The van der Waals surface area contributed by atoms with Gasteiger partial charge in [-0.2, -0.15) is 10.1 Å². The Morgan fingerprint density at radius 3 is 2.93 bits per heavy atom. The molecule has 1 aliphatic heterocycles. The topological polar surface area (TPSA) is 89.7 Å². The fourth-order valence-electron chi connectivity index (χ4n) is 3.41. The van der Waals surface area contributed by atoms with Gasteiger partial charge in [0, 0.05) is 18.4 Å². The normalized spacial score (nSPS) is 13.4. The molecule has 1 amide bonds. The van der Waals surface area contributed by atoms with Gasteiger partial charge in [0.15, 0.2) is 6.61 Å². The van der Waals surface area contributed by atoms with Gasteiger partial charge in [0.25, 0.3) is 11.7 Å². The van der Waals surface area contributed by atoms with Crippen molar-refractivity contribution in [1.29, 1.82) is 0 Å². The van der Waals surface area contributed by atoms with E-state index in [1.54, 1.807) is 4.90 Å². The molecular formula is C19H19N5O3. The van der Waals surface area contributed by atoms with Crippen molar-refractivity contribution in [2.75, 3.05) is 18.1 Å². The monoisotopic (exact) mass is 365 g/mol. The van der Waals surface area contributed by atoms with Gasteiger partial charge in [0.1, 0.15) is 6.33 Å². The summed E-state index contributed by atoms with van der Waals surface area (Å²) in [5.74, 6) is -0.400. The maximum atomic E-state index is 12.6. The Bertz CT molecular complexity index is 1010. The molecule has 0 fully saturated rings. The van der Waals surface area contributed by atoms with E-state index >= 15 is 0 Å². The molecule has 0 saturated carbocycles. The van der Waals surface area contributed by atoms with E-state index in [9.17, 15) is 9.59 Å². The number of benzene rings is 1. The molecule has 0 radical (unpaired) electrons. The number of hydrogen-bond acceptors (Lipinski definition) is 6. The molecule has 0 unspecified atom stereocenters. The van der Waals surface area contributed by atoms with Crippen LogP contribution in [0.4, 0.5) is 5.69 Å². The van der Waals surface area contributed by atoms with Crippen molar-refractivity contribution in [2.24, 2.45) is 0 Å². The second-order valence-electron chi connectivity index (χ2n) is 6.30. The van der Waals surface area contributed by atoms with Gasteiger partial charge in [-0.05, 0) is 30.9 Å². The van der Waals surface area contributed by atoms with E-state index in [1.807, 2.05) is 31.2 Å². The zero-order valence-corrected chi connectivity index (χ0v) is 15.0. The molecule has 3 aromatic rings. The zero-order chi connectivity index (χ0) is 18.8. The van der Waals surface area contributed by atoms with Gasteiger partial charge < -0.3 is 9.64 Å². The largest absolute Gasteiger partial charge is 0.452 e. The Morgan fingerprint density at radius 1 is 1.22 bits per heavy atom. The Morgan fingerprint density at radius 2 is 2.07 bits per heavy atom. The molecule has 1 aliphatic rings. The van der Waals surface area contributed by atoms with Crippen LogP contribution in [0, 0.1) is 0 Å². The van der Waals surface area contributed by atoms with Gasteiger partial charge in [-0.1, -0.05) is 25.1 Å². The number of anilines is 1. The highest BCUT2D eigenvalue weighted by atomic mass is 16.5. The molecule has 0 bridgehead atoms. The van der Waals surface area contributed by atoms with Crippen molar-refractivity contribution in [3.63, 3.8) is 0 Å². The smallest absolute Gasteiger partial charge is 0.342 e. The van der Waals surface area contributed by atoms with E-state index in [-0.39, 0.29) is 12.5 Å². The molecule has 2 aromatic heterocycles. The molecule has 3 heterocycles. The molecule has 0 spiro atoms. The fraction of sp³-hybridized carbons (Fsp3) is 0.316. The van der Waals surface area contributed by atoms with Gasteiger partial charge in [0.05, 0.1) is 11.3 Å². The van der Waals surface area contributed by atoms with Crippen LogP contribution in [0.5, 0.6) is 0 Å². The number of aromatic nitrogens is 4.